The molecule has 7 heteroatoms. The fourth-order valence-electron chi connectivity index (χ4n) is 3.13. The van der Waals surface area contributed by atoms with Crippen molar-refractivity contribution < 1.29 is 24.2 Å². The second-order valence-electron chi connectivity index (χ2n) is 6.47. The van der Waals surface area contributed by atoms with Gasteiger partial charge in [0, 0.05) is 26.6 Å². The van der Waals surface area contributed by atoms with Gasteiger partial charge in [0.05, 0.1) is 0 Å². The van der Waals surface area contributed by atoms with E-state index in [2.05, 4.69) is 0 Å². The summed E-state index contributed by atoms with van der Waals surface area (Å²) in [5.74, 6) is -0.579. The van der Waals surface area contributed by atoms with Crippen LogP contribution in [0.25, 0.3) is 0 Å². The zero-order chi connectivity index (χ0) is 19.1. The molecule has 0 radical (unpaired) electrons. The van der Waals surface area contributed by atoms with Gasteiger partial charge in [0.2, 0.25) is 11.8 Å². The number of nitrogens with zero attached hydrogens (tertiary/aromatic N) is 2. The minimum Gasteiger partial charge on any atom is -0.482 e. The SMILES string of the molecule is CCC(=O)N1CCCCC1C(=O)N(C)Cc1ccc(OCC(=O)O)cc1. The zero-order valence-corrected chi connectivity index (χ0v) is 15.3. The molecular formula is C19H26N2O5. The molecule has 2 amide bonds. The molecule has 1 unspecified atom stereocenters. The first kappa shape index (κ1) is 19.8. The van der Waals surface area contributed by atoms with E-state index in [0.717, 1.165) is 18.4 Å². The van der Waals surface area contributed by atoms with Crippen LogP contribution in [0.1, 0.15) is 38.2 Å². The number of carbonyl (C=O) groups excluding carboxylic acids is 2. The van der Waals surface area contributed by atoms with Crippen LogP contribution in [0.2, 0.25) is 0 Å². The number of carboxylic acid groups (broad SMARTS) is 1. The van der Waals surface area contributed by atoms with E-state index in [1.54, 1.807) is 41.1 Å². The second kappa shape index (κ2) is 9.22. The van der Waals surface area contributed by atoms with E-state index in [0.29, 0.717) is 31.7 Å². The number of rotatable bonds is 7. The number of benzene rings is 1. The molecular weight excluding hydrogens is 336 g/mol. The first-order valence-corrected chi connectivity index (χ1v) is 8.90. The Bertz CT molecular complexity index is 644. The van der Waals surface area contributed by atoms with Crippen molar-refractivity contribution in [2.75, 3.05) is 20.2 Å². The van der Waals surface area contributed by atoms with Gasteiger partial charge >= 0.3 is 5.97 Å². The van der Waals surface area contributed by atoms with Crippen LogP contribution in [0, 0.1) is 0 Å². The predicted octanol–water partition coefficient (Wildman–Crippen LogP) is 1.90. The fraction of sp³-hybridized carbons (Fsp3) is 0.526. The highest BCUT2D eigenvalue weighted by molar-refractivity contribution is 5.87. The lowest BCUT2D eigenvalue weighted by Crippen LogP contribution is -2.52. The number of amides is 2. The van der Waals surface area contributed by atoms with Gasteiger partial charge in [0.1, 0.15) is 11.8 Å². The molecule has 1 aliphatic rings. The van der Waals surface area contributed by atoms with Crippen molar-refractivity contribution >= 4 is 17.8 Å². The number of hydrogen-bond acceptors (Lipinski definition) is 4. The second-order valence-corrected chi connectivity index (χ2v) is 6.47. The highest BCUT2D eigenvalue weighted by Crippen LogP contribution is 2.21. The summed E-state index contributed by atoms with van der Waals surface area (Å²) in [5, 5.41) is 8.61. The molecule has 1 aliphatic heterocycles. The van der Waals surface area contributed by atoms with Crippen LogP contribution in [-0.2, 0) is 20.9 Å². The lowest BCUT2D eigenvalue weighted by Gasteiger charge is -2.36. The van der Waals surface area contributed by atoms with Crippen molar-refractivity contribution in [3.8, 4) is 5.75 Å². The maximum atomic E-state index is 12.8. The van der Waals surface area contributed by atoms with E-state index < -0.39 is 5.97 Å². The number of piperidine rings is 1. The molecule has 1 atom stereocenters. The molecule has 2 rings (SSSR count). The van der Waals surface area contributed by atoms with Crippen molar-refractivity contribution in [2.45, 2.75) is 45.2 Å². The molecule has 1 aromatic carbocycles. The maximum Gasteiger partial charge on any atom is 0.341 e. The molecule has 1 heterocycles. The molecule has 0 aliphatic carbocycles. The number of likely N-dealkylation sites (N-methyl/N-ethyl adjacent to an activating group) is 1. The monoisotopic (exact) mass is 362 g/mol. The summed E-state index contributed by atoms with van der Waals surface area (Å²) in [7, 11) is 1.74. The van der Waals surface area contributed by atoms with E-state index in [1.807, 2.05) is 6.92 Å². The molecule has 7 nitrogen and oxygen atoms in total. The highest BCUT2D eigenvalue weighted by atomic mass is 16.5. The first-order chi connectivity index (χ1) is 12.4. The summed E-state index contributed by atoms with van der Waals surface area (Å²) in [6.07, 6.45) is 3.01. The number of hydrogen-bond donors (Lipinski definition) is 1. The Morgan fingerprint density at radius 3 is 2.54 bits per heavy atom. The van der Waals surface area contributed by atoms with Gasteiger partial charge in [-0.1, -0.05) is 19.1 Å². The van der Waals surface area contributed by atoms with Crippen LogP contribution in [-0.4, -0.2) is 58.9 Å². The summed E-state index contributed by atoms with van der Waals surface area (Å²) < 4.78 is 5.10. The van der Waals surface area contributed by atoms with Gasteiger partial charge in [0.15, 0.2) is 6.61 Å². The highest BCUT2D eigenvalue weighted by Gasteiger charge is 2.32. The topological polar surface area (TPSA) is 87.2 Å². The summed E-state index contributed by atoms with van der Waals surface area (Å²) in [4.78, 5) is 38.8. The van der Waals surface area contributed by atoms with Crippen LogP contribution in [0.4, 0.5) is 0 Å². The van der Waals surface area contributed by atoms with Gasteiger partial charge in [-0.15, -0.1) is 0 Å². The standard InChI is InChI=1S/C19H26N2O5/c1-3-17(22)21-11-5-4-6-16(21)19(25)20(2)12-14-7-9-15(10-8-14)26-13-18(23)24/h7-10,16H,3-6,11-13H2,1-2H3,(H,23,24). The Morgan fingerprint density at radius 1 is 1.23 bits per heavy atom. The van der Waals surface area contributed by atoms with Gasteiger partial charge in [-0.05, 0) is 37.0 Å². The molecule has 0 spiro atoms. The Balaban J connectivity index is 1.97. The van der Waals surface area contributed by atoms with Crippen molar-refractivity contribution in [1.29, 1.82) is 0 Å². The number of carboxylic acids is 1. The molecule has 0 bridgehead atoms. The van der Waals surface area contributed by atoms with E-state index in [9.17, 15) is 14.4 Å². The molecule has 0 aromatic heterocycles. The molecule has 1 N–H and O–H groups in total. The largest absolute Gasteiger partial charge is 0.482 e. The number of carbonyl (C=O) groups is 3. The van der Waals surface area contributed by atoms with E-state index >= 15 is 0 Å². The van der Waals surface area contributed by atoms with Crippen LogP contribution >= 0.6 is 0 Å². The normalized spacial score (nSPS) is 16.8. The van der Waals surface area contributed by atoms with Gasteiger partial charge in [-0.25, -0.2) is 4.79 Å². The zero-order valence-electron chi connectivity index (χ0n) is 15.3. The van der Waals surface area contributed by atoms with Crippen molar-refractivity contribution in [2.24, 2.45) is 0 Å². The lowest BCUT2D eigenvalue weighted by atomic mass is 10.00. The molecule has 1 aromatic rings. The van der Waals surface area contributed by atoms with Crippen LogP contribution in [0.5, 0.6) is 5.75 Å². The third-order valence-electron chi connectivity index (χ3n) is 4.49. The van der Waals surface area contributed by atoms with Gasteiger partial charge < -0.3 is 19.6 Å². The summed E-state index contributed by atoms with van der Waals surface area (Å²) >= 11 is 0. The van der Waals surface area contributed by atoms with Gasteiger partial charge in [-0.2, -0.15) is 0 Å². The Morgan fingerprint density at radius 2 is 1.92 bits per heavy atom. The average Bonchev–Trinajstić information content (AvgIpc) is 2.66. The summed E-state index contributed by atoms with van der Waals surface area (Å²) in [5.41, 5.74) is 0.910. The predicted molar refractivity (Wildman–Crippen MR) is 95.7 cm³/mol. The first-order valence-electron chi connectivity index (χ1n) is 8.90. The maximum absolute atomic E-state index is 12.8. The van der Waals surface area contributed by atoms with E-state index in [4.69, 9.17) is 9.84 Å². The molecule has 0 saturated carbocycles. The number of ether oxygens (including phenoxy) is 1. The smallest absolute Gasteiger partial charge is 0.341 e. The number of likely N-dealkylation sites (tertiary alicyclic amines) is 1. The fourth-order valence-corrected chi connectivity index (χ4v) is 3.13. The Hall–Kier alpha value is -2.57. The number of aliphatic carboxylic acids is 1. The van der Waals surface area contributed by atoms with Gasteiger partial charge in [0.25, 0.3) is 0 Å². The van der Waals surface area contributed by atoms with Crippen LogP contribution < -0.4 is 4.74 Å². The quantitative estimate of drug-likeness (QED) is 0.800. The average molecular weight is 362 g/mol. The third kappa shape index (κ3) is 5.21. The van der Waals surface area contributed by atoms with Crippen molar-refractivity contribution in [1.82, 2.24) is 9.80 Å². The molecule has 1 saturated heterocycles. The van der Waals surface area contributed by atoms with Crippen molar-refractivity contribution in [3.05, 3.63) is 29.8 Å². The van der Waals surface area contributed by atoms with Gasteiger partial charge in [-0.3, -0.25) is 9.59 Å². The minimum absolute atomic E-state index is 0.0244. The minimum atomic E-state index is -1.03. The lowest BCUT2D eigenvalue weighted by molar-refractivity contribution is -0.147. The van der Waals surface area contributed by atoms with E-state index in [-0.39, 0.29) is 24.5 Å². The third-order valence-corrected chi connectivity index (χ3v) is 4.49. The van der Waals surface area contributed by atoms with E-state index in [1.165, 1.54) is 0 Å². The van der Waals surface area contributed by atoms with Crippen molar-refractivity contribution in [3.63, 3.8) is 0 Å². The Kier molecular flexibility index (Phi) is 7.00. The molecule has 1 fully saturated rings. The molecule has 142 valence electrons. The summed E-state index contributed by atoms with van der Waals surface area (Å²) in [6, 6.07) is 6.60. The van der Waals surface area contributed by atoms with Crippen LogP contribution in [0.15, 0.2) is 24.3 Å². The molecule has 26 heavy (non-hydrogen) atoms. The Labute approximate surface area is 153 Å². The summed E-state index contributed by atoms with van der Waals surface area (Å²) in [6.45, 7) is 2.49. The van der Waals surface area contributed by atoms with Crippen LogP contribution in [0.3, 0.4) is 0 Å².